The van der Waals surface area contributed by atoms with Crippen LogP contribution in [0.2, 0.25) is 5.02 Å². The van der Waals surface area contributed by atoms with Crippen molar-refractivity contribution in [2.75, 3.05) is 25.1 Å². The van der Waals surface area contributed by atoms with Crippen molar-refractivity contribution in [2.24, 2.45) is 0 Å². The molecule has 0 aliphatic rings. The Hall–Kier alpha value is -0.800. The minimum absolute atomic E-state index is 0.184. The molecule has 0 heterocycles. The number of unbranched alkanes of at least 4 members (excludes halogenated alkanes) is 1. The van der Waals surface area contributed by atoms with Gasteiger partial charge in [0.05, 0.1) is 10.7 Å². The Morgan fingerprint density at radius 2 is 2.06 bits per heavy atom. The van der Waals surface area contributed by atoms with Gasteiger partial charge in [-0.1, -0.05) is 11.6 Å². The maximum absolute atomic E-state index is 13.4. The smallest absolute Gasteiger partial charge is 0.128 e. The van der Waals surface area contributed by atoms with E-state index in [0.29, 0.717) is 16.3 Å². The van der Waals surface area contributed by atoms with Crippen molar-refractivity contribution in [2.45, 2.75) is 19.8 Å². The molecule has 0 saturated heterocycles. The molecule has 0 amide bonds. The van der Waals surface area contributed by atoms with Crippen molar-refractivity contribution >= 4 is 17.3 Å². The number of aryl methyl sites for hydroxylation is 1. The summed E-state index contributed by atoms with van der Waals surface area (Å²) in [5.41, 5.74) is 1.25. The van der Waals surface area contributed by atoms with Crippen LogP contribution >= 0.6 is 11.6 Å². The first-order valence-corrected chi connectivity index (χ1v) is 5.71. The van der Waals surface area contributed by atoms with Crippen LogP contribution in [0.1, 0.15) is 18.4 Å². The summed E-state index contributed by atoms with van der Waals surface area (Å²) in [5, 5.41) is 9.24. The van der Waals surface area contributed by atoms with Crippen LogP contribution in [-0.4, -0.2) is 25.3 Å². The van der Waals surface area contributed by atoms with E-state index < -0.39 is 0 Å². The van der Waals surface area contributed by atoms with Crippen LogP contribution in [-0.2, 0) is 0 Å². The molecule has 0 aliphatic heterocycles. The predicted octanol–water partition coefficient (Wildman–Crippen LogP) is 3.00. The van der Waals surface area contributed by atoms with Gasteiger partial charge in [0, 0.05) is 20.2 Å². The number of aliphatic hydroxyl groups excluding tert-OH is 1. The molecule has 1 aromatic carbocycles. The minimum atomic E-state index is -0.242. The summed E-state index contributed by atoms with van der Waals surface area (Å²) in [6, 6.07) is 3.09. The maximum Gasteiger partial charge on any atom is 0.128 e. The fourth-order valence-electron chi connectivity index (χ4n) is 1.51. The van der Waals surface area contributed by atoms with E-state index in [1.54, 1.807) is 13.0 Å². The molecule has 90 valence electrons. The van der Waals surface area contributed by atoms with Gasteiger partial charge in [-0.2, -0.15) is 0 Å². The first-order valence-electron chi connectivity index (χ1n) is 5.34. The van der Waals surface area contributed by atoms with Crippen LogP contribution in [0.5, 0.6) is 0 Å². The highest BCUT2D eigenvalue weighted by Gasteiger charge is 2.09. The van der Waals surface area contributed by atoms with Gasteiger partial charge in [0.25, 0.3) is 0 Å². The Labute approximate surface area is 101 Å². The lowest BCUT2D eigenvalue weighted by atomic mass is 10.2. The molecule has 1 aromatic rings. The number of rotatable bonds is 5. The van der Waals surface area contributed by atoms with Crippen LogP contribution in [0.25, 0.3) is 0 Å². The van der Waals surface area contributed by atoms with Gasteiger partial charge in [0.2, 0.25) is 0 Å². The SMILES string of the molecule is Cc1cc(Cl)c(N(C)CCCCO)cc1F. The van der Waals surface area contributed by atoms with Crippen molar-refractivity contribution in [3.63, 3.8) is 0 Å². The van der Waals surface area contributed by atoms with Crippen LogP contribution in [0, 0.1) is 12.7 Å². The van der Waals surface area contributed by atoms with Gasteiger partial charge in [-0.25, -0.2) is 4.39 Å². The van der Waals surface area contributed by atoms with Crippen LogP contribution in [0.15, 0.2) is 12.1 Å². The van der Waals surface area contributed by atoms with E-state index in [-0.39, 0.29) is 12.4 Å². The fraction of sp³-hybridized carbons (Fsp3) is 0.500. The normalized spacial score (nSPS) is 10.6. The summed E-state index contributed by atoms with van der Waals surface area (Å²) in [5.74, 6) is -0.242. The largest absolute Gasteiger partial charge is 0.396 e. The molecule has 0 spiro atoms. The molecule has 0 bridgehead atoms. The molecule has 4 heteroatoms. The van der Waals surface area contributed by atoms with Crippen molar-refractivity contribution in [1.82, 2.24) is 0 Å². The second-order valence-corrected chi connectivity index (χ2v) is 4.31. The average molecular weight is 246 g/mol. The summed E-state index contributed by atoms with van der Waals surface area (Å²) < 4.78 is 13.4. The maximum atomic E-state index is 13.4. The van der Waals surface area contributed by atoms with Crippen LogP contribution < -0.4 is 4.90 Å². The summed E-state index contributed by atoms with van der Waals surface area (Å²) in [6.07, 6.45) is 1.61. The first kappa shape index (κ1) is 13.3. The summed E-state index contributed by atoms with van der Waals surface area (Å²) in [6.45, 7) is 2.63. The highest BCUT2D eigenvalue weighted by molar-refractivity contribution is 6.33. The molecule has 0 saturated carbocycles. The van der Waals surface area contributed by atoms with E-state index in [0.717, 1.165) is 19.4 Å². The minimum Gasteiger partial charge on any atom is -0.396 e. The molecule has 0 unspecified atom stereocenters. The van der Waals surface area contributed by atoms with E-state index in [2.05, 4.69) is 0 Å². The van der Waals surface area contributed by atoms with Gasteiger partial charge in [0.15, 0.2) is 0 Å². The molecular formula is C12H17ClFNO. The van der Waals surface area contributed by atoms with E-state index in [1.807, 2.05) is 11.9 Å². The number of hydrogen-bond donors (Lipinski definition) is 1. The van der Waals surface area contributed by atoms with Gasteiger partial charge < -0.3 is 10.0 Å². The zero-order chi connectivity index (χ0) is 12.1. The van der Waals surface area contributed by atoms with Crippen LogP contribution in [0.3, 0.4) is 0 Å². The van der Waals surface area contributed by atoms with Gasteiger partial charge in [-0.05, 0) is 37.5 Å². The quantitative estimate of drug-likeness (QED) is 0.807. The number of hydrogen-bond acceptors (Lipinski definition) is 2. The Morgan fingerprint density at radius 3 is 2.69 bits per heavy atom. The van der Waals surface area contributed by atoms with Crippen molar-refractivity contribution in [3.8, 4) is 0 Å². The molecular weight excluding hydrogens is 229 g/mol. The topological polar surface area (TPSA) is 23.5 Å². The molecule has 1 rings (SSSR count). The van der Waals surface area contributed by atoms with E-state index in [9.17, 15) is 4.39 Å². The second kappa shape index (κ2) is 6.06. The summed E-state index contributed by atoms with van der Waals surface area (Å²) in [4.78, 5) is 1.90. The van der Waals surface area contributed by atoms with Gasteiger partial charge in [-0.15, -0.1) is 0 Å². The molecule has 0 radical (unpaired) electrons. The van der Waals surface area contributed by atoms with Crippen molar-refractivity contribution in [3.05, 3.63) is 28.5 Å². The summed E-state index contributed by atoms with van der Waals surface area (Å²) >= 11 is 6.05. The highest BCUT2D eigenvalue weighted by Crippen LogP contribution is 2.28. The van der Waals surface area contributed by atoms with Crippen molar-refractivity contribution < 1.29 is 9.50 Å². The molecule has 2 nitrogen and oxygen atoms in total. The monoisotopic (exact) mass is 245 g/mol. The number of nitrogens with zero attached hydrogens (tertiary/aromatic N) is 1. The second-order valence-electron chi connectivity index (χ2n) is 3.91. The third-order valence-electron chi connectivity index (χ3n) is 2.54. The number of anilines is 1. The number of halogens is 2. The van der Waals surface area contributed by atoms with E-state index in [1.165, 1.54) is 6.07 Å². The average Bonchev–Trinajstić information content (AvgIpc) is 2.23. The molecule has 16 heavy (non-hydrogen) atoms. The third kappa shape index (κ3) is 3.35. The zero-order valence-electron chi connectivity index (χ0n) is 9.63. The molecule has 0 fully saturated rings. The molecule has 1 N–H and O–H groups in total. The predicted molar refractivity (Wildman–Crippen MR) is 65.7 cm³/mol. The third-order valence-corrected chi connectivity index (χ3v) is 2.84. The first-order chi connectivity index (χ1) is 7.56. The standard InChI is InChI=1S/C12H17ClFNO/c1-9-7-10(13)12(8-11(9)14)15(2)5-3-4-6-16/h7-8,16H,3-6H2,1-2H3. The fourth-order valence-corrected chi connectivity index (χ4v) is 1.87. The van der Waals surface area contributed by atoms with Gasteiger partial charge >= 0.3 is 0 Å². The van der Waals surface area contributed by atoms with E-state index in [4.69, 9.17) is 16.7 Å². The number of aliphatic hydroxyl groups is 1. The van der Waals surface area contributed by atoms with Gasteiger partial charge in [-0.3, -0.25) is 0 Å². The highest BCUT2D eigenvalue weighted by atomic mass is 35.5. The Morgan fingerprint density at radius 1 is 1.38 bits per heavy atom. The zero-order valence-corrected chi connectivity index (χ0v) is 10.4. The lowest BCUT2D eigenvalue weighted by molar-refractivity contribution is 0.285. The Kier molecular flexibility index (Phi) is 5.03. The van der Waals surface area contributed by atoms with Gasteiger partial charge in [0.1, 0.15) is 5.82 Å². The molecule has 0 aliphatic carbocycles. The Bertz CT molecular complexity index is 357. The van der Waals surface area contributed by atoms with Crippen molar-refractivity contribution in [1.29, 1.82) is 0 Å². The molecule has 0 atom stereocenters. The lowest BCUT2D eigenvalue weighted by Gasteiger charge is -2.21. The van der Waals surface area contributed by atoms with Crippen LogP contribution in [0.4, 0.5) is 10.1 Å². The molecule has 0 aromatic heterocycles. The summed E-state index contributed by atoms with van der Waals surface area (Å²) in [7, 11) is 1.87. The van der Waals surface area contributed by atoms with E-state index >= 15 is 0 Å². The number of benzene rings is 1. The Balaban J connectivity index is 2.75. The lowest BCUT2D eigenvalue weighted by Crippen LogP contribution is -2.19.